The molecule has 130 valence electrons. The van der Waals surface area contributed by atoms with Crippen molar-refractivity contribution in [2.45, 2.75) is 53.4 Å². The number of rotatable bonds is 9. The first-order chi connectivity index (χ1) is 11.0. The molecule has 23 heavy (non-hydrogen) atoms. The molecule has 0 bridgehead atoms. The van der Waals surface area contributed by atoms with Crippen molar-refractivity contribution in [3.05, 3.63) is 11.1 Å². The van der Waals surface area contributed by atoms with Gasteiger partial charge < -0.3 is 24.4 Å². The van der Waals surface area contributed by atoms with Gasteiger partial charge in [-0.05, 0) is 25.7 Å². The maximum atomic E-state index is 11.0. The van der Waals surface area contributed by atoms with E-state index in [0.29, 0.717) is 37.4 Å². The van der Waals surface area contributed by atoms with Gasteiger partial charge in [-0.3, -0.25) is 0 Å². The van der Waals surface area contributed by atoms with Crippen molar-refractivity contribution in [3.63, 3.8) is 0 Å². The molecule has 0 amide bonds. The number of aromatic hydroxyl groups is 1. The van der Waals surface area contributed by atoms with Gasteiger partial charge in [-0.2, -0.15) is 0 Å². The molecule has 0 radical (unpaired) electrons. The van der Waals surface area contributed by atoms with E-state index in [0.717, 1.165) is 18.4 Å². The van der Waals surface area contributed by atoms with Crippen molar-refractivity contribution in [1.82, 2.24) is 0 Å². The van der Waals surface area contributed by atoms with Crippen molar-refractivity contribution < 1.29 is 29.2 Å². The summed E-state index contributed by atoms with van der Waals surface area (Å²) in [5.41, 5.74) is 1.43. The Balaban J connectivity index is 3.57. The van der Waals surface area contributed by atoms with Crippen LogP contribution in [0.25, 0.3) is 0 Å². The molecular weight excluding hydrogens is 300 g/mol. The van der Waals surface area contributed by atoms with E-state index in [4.69, 9.17) is 19.3 Å². The average Bonchev–Trinajstić information content (AvgIpc) is 2.53. The Morgan fingerprint density at radius 1 is 0.870 bits per heavy atom. The summed E-state index contributed by atoms with van der Waals surface area (Å²) in [7, 11) is 0. The summed E-state index contributed by atoms with van der Waals surface area (Å²) in [5, 5.41) is 19.4. The Morgan fingerprint density at radius 2 is 1.35 bits per heavy atom. The molecule has 0 saturated carbocycles. The van der Waals surface area contributed by atoms with Crippen LogP contribution in [-0.2, 0) is 12.8 Å². The molecule has 6 nitrogen and oxygen atoms in total. The Morgan fingerprint density at radius 3 is 1.78 bits per heavy atom. The fourth-order valence-corrected chi connectivity index (χ4v) is 2.40. The lowest BCUT2D eigenvalue weighted by atomic mass is 9.99. The monoisotopic (exact) mass is 326 g/mol. The number of carbonyl (C=O) groups is 1. The fourth-order valence-electron chi connectivity index (χ4n) is 2.40. The van der Waals surface area contributed by atoms with Crippen LogP contribution in [0, 0.1) is 0 Å². The molecule has 0 aromatic heterocycles. The summed E-state index contributed by atoms with van der Waals surface area (Å²) >= 11 is 0. The summed E-state index contributed by atoms with van der Waals surface area (Å²) < 4.78 is 16.3. The molecule has 0 atom stereocenters. The Kier molecular flexibility index (Phi) is 7.51. The number of hydrogen-bond donors (Lipinski definition) is 2. The van der Waals surface area contributed by atoms with E-state index in [9.17, 15) is 9.90 Å². The predicted octanol–water partition coefficient (Wildman–Crippen LogP) is 4.15. The number of phenols is 1. The van der Waals surface area contributed by atoms with Crippen molar-refractivity contribution in [2.24, 2.45) is 0 Å². The minimum Gasteiger partial charge on any atom is -0.502 e. The first-order valence-electron chi connectivity index (χ1n) is 8.08. The van der Waals surface area contributed by atoms with Crippen LogP contribution in [-0.4, -0.2) is 29.6 Å². The second kappa shape index (κ2) is 9.12. The second-order valence-corrected chi connectivity index (χ2v) is 5.07. The lowest BCUT2D eigenvalue weighted by Gasteiger charge is -2.22. The van der Waals surface area contributed by atoms with E-state index < -0.39 is 6.16 Å². The van der Waals surface area contributed by atoms with E-state index in [2.05, 4.69) is 0 Å². The zero-order chi connectivity index (χ0) is 17.4. The van der Waals surface area contributed by atoms with Crippen LogP contribution in [0.5, 0.6) is 23.0 Å². The largest absolute Gasteiger partial charge is 0.511 e. The van der Waals surface area contributed by atoms with Crippen LogP contribution in [0.15, 0.2) is 0 Å². The van der Waals surface area contributed by atoms with Gasteiger partial charge in [0.15, 0.2) is 11.5 Å². The number of phenolic OH excluding ortho intramolecular Hbond substituents is 1. The van der Waals surface area contributed by atoms with Crippen LogP contribution >= 0.6 is 0 Å². The zero-order valence-electron chi connectivity index (χ0n) is 14.3. The smallest absolute Gasteiger partial charge is 0.502 e. The van der Waals surface area contributed by atoms with Gasteiger partial charge in [-0.25, -0.2) is 4.79 Å². The van der Waals surface area contributed by atoms with Gasteiger partial charge >= 0.3 is 6.16 Å². The molecule has 1 aromatic carbocycles. The first-order valence-corrected chi connectivity index (χ1v) is 8.08. The molecule has 1 aromatic rings. The van der Waals surface area contributed by atoms with Crippen LogP contribution in [0.2, 0.25) is 0 Å². The molecule has 0 aliphatic heterocycles. The minimum atomic E-state index is -1.47. The van der Waals surface area contributed by atoms with E-state index in [-0.39, 0.29) is 17.2 Å². The van der Waals surface area contributed by atoms with Crippen LogP contribution in [0.3, 0.4) is 0 Å². The Hall–Kier alpha value is -2.11. The van der Waals surface area contributed by atoms with Crippen LogP contribution in [0.4, 0.5) is 4.79 Å². The molecule has 1 rings (SSSR count). The lowest BCUT2D eigenvalue weighted by molar-refractivity contribution is 0.141. The molecule has 0 saturated heterocycles. The van der Waals surface area contributed by atoms with E-state index in [1.54, 1.807) is 0 Å². The van der Waals surface area contributed by atoms with Crippen molar-refractivity contribution in [3.8, 4) is 23.0 Å². The minimum absolute atomic E-state index is 0.0631. The van der Waals surface area contributed by atoms with Gasteiger partial charge in [0, 0.05) is 11.1 Å². The first kappa shape index (κ1) is 18.9. The highest BCUT2D eigenvalue weighted by Crippen LogP contribution is 2.49. The molecular formula is C17H26O6. The summed E-state index contributed by atoms with van der Waals surface area (Å²) in [6.07, 6.45) is 1.21. The predicted molar refractivity (Wildman–Crippen MR) is 87.1 cm³/mol. The highest BCUT2D eigenvalue weighted by atomic mass is 16.7. The molecule has 0 spiro atoms. The fraction of sp³-hybridized carbons (Fsp3) is 0.588. The van der Waals surface area contributed by atoms with Crippen molar-refractivity contribution in [2.75, 3.05) is 13.2 Å². The van der Waals surface area contributed by atoms with Crippen molar-refractivity contribution >= 4 is 6.16 Å². The third-order valence-electron chi connectivity index (χ3n) is 3.35. The quantitative estimate of drug-likeness (QED) is 0.524. The highest BCUT2D eigenvalue weighted by molar-refractivity contribution is 5.71. The van der Waals surface area contributed by atoms with Gasteiger partial charge in [0.05, 0.1) is 13.2 Å². The number of benzene rings is 1. The molecule has 0 heterocycles. The Bertz CT molecular complexity index is 539. The zero-order valence-corrected chi connectivity index (χ0v) is 14.3. The maximum Gasteiger partial charge on any atom is 0.511 e. The van der Waals surface area contributed by atoms with Crippen LogP contribution < -0.4 is 14.2 Å². The summed E-state index contributed by atoms with van der Waals surface area (Å²) in [6.45, 7) is 8.62. The van der Waals surface area contributed by atoms with E-state index in [1.165, 1.54) is 0 Å². The topological polar surface area (TPSA) is 85.2 Å². The van der Waals surface area contributed by atoms with E-state index in [1.807, 2.05) is 27.7 Å². The molecule has 0 unspecified atom stereocenters. The maximum absolute atomic E-state index is 11.0. The average molecular weight is 326 g/mol. The molecule has 0 aliphatic rings. The second-order valence-electron chi connectivity index (χ2n) is 5.07. The van der Waals surface area contributed by atoms with Gasteiger partial charge in [0.2, 0.25) is 11.5 Å². The number of hydrogen-bond acceptors (Lipinski definition) is 5. The molecule has 6 heteroatoms. The van der Waals surface area contributed by atoms with Gasteiger partial charge in [-0.15, -0.1) is 0 Å². The third kappa shape index (κ3) is 4.43. The summed E-state index contributed by atoms with van der Waals surface area (Å²) in [5.74, 6) is 0.258. The Labute approximate surface area is 137 Å². The number of ether oxygens (including phenoxy) is 3. The van der Waals surface area contributed by atoms with Gasteiger partial charge in [-0.1, -0.05) is 27.7 Å². The molecule has 2 N–H and O–H groups in total. The third-order valence-corrected chi connectivity index (χ3v) is 3.35. The van der Waals surface area contributed by atoms with E-state index >= 15 is 0 Å². The number of carboxylic acid groups (broad SMARTS) is 1. The van der Waals surface area contributed by atoms with Gasteiger partial charge in [0.25, 0.3) is 0 Å². The normalized spacial score (nSPS) is 10.4. The van der Waals surface area contributed by atoms with Gasteiger partial charge in [0.1, 0.15) is 0 Å². The molecule has 0 aliphatic carbocycles. The summed E-state index contributed by atoms with van der Waals surface area (Å²) in [4.78, 5) is 11.0. The lowest BCUT2D eigenvalue weighted by Crippen LogP contribution is -2.11. The highest BCUT2D eigenvalue weighted by Gasteiger charge is 2.27. The summed E-state index contributed by atoms with van der Waals surface area (Å²) in [6, 6.07) is 0. The van der Waals surface area contributed by atoms with Crippen molar-refractivity contribution in [1.29, 1.82) is 0 Å². The SMILES string of the molecule is CCCOc1c(O)c(OC(=O)O)c(CC)c(CC)c1OCCC. The molecule has 0 fully saturated rings. The standard InChI is InChI=1S/C17H26O6/c1-5-9-21-15-12(8-4)11(7-3)14(23-17(19)20)13(18)16(15)22-10-6-2/h18H,5-10H2,1-4H3,(H,19,20). The van der Waals surface area contributed by atoms with Crippen LogP contribution in [0.1, 0.15) is 51.7 Å².